The van der Waals surface area contributed by atoms with Crippen molar-refractivity contribution in [3.8, 4) is 0 Å². The summed E-state index contributed by atoms with van der Waals surface area (Å²) in [5.74, 6) is 0.556. The second kappa shape index (κ2) is 6.36. The fraction of sp³-hybridized carbons (Fsp3) is 0.923. The molecule has 100 valence electrons. The summed E-state index contributed by atoms with van der Waals surface area (Å²) in [6, 6.07) is 0. The van der Waals surface area contributed by atoms with Gasteiger partial charge in [0.2, 0.25) is 5.91 Å². The van der Waals surface area contributed by atoms with Crippen LogP contribution in [0.25, 0.3) is 0 Å². The Hall–Kier alpha value is -0.610. The van der Waals surface area contributed by atoms with Gasteiger partial charge in [0.25, 0.3) is 0 Å². The van der Waals surface area contributed by atoms with Crippen LogP contribution < -0.4 is 10.6 Å². The van der Waals surface area contributed by atoms with E-state index in [4.69, 9.17) is 4.74 Å². The number of carbonyl (C=O) groups is 1. The van der Waals surface area contributed by atoms with E-state index in [-0.39, 0.29) is 11.4 Å². The van der Waals surface area contributed by atoms with Crippen LogP contribution >= 0.6 is 0 Å². The van der Waals surface area contributed by atoms with Crippen molar-refractivity contribution in [2.75, 3.05) is 19.7 Å². The van der Waals surface area contributed by atoms with E-state index in [2.05, 4.69) is 38.3 Å². The predicted molar refractivity (Wildman–Crippen MR) is 68.9 cm³/mol. The Bertz CT molecular complexity index is 248. The van der Waals surface area contributed by atoms with Crippen LogP contribution in [0.2, 0.25) is 0 Å². The van der Waals surface area contributed by atoms with E-state index < -0.39 is 0 Å². The molecule has 0 spiro atoms. The van der Waals surface area contributed by atoms with E-state index in [1.165, 1.54) is 0 Å². The average molecular weight is 242 g/mol. The first-order valence-electron chi connectivity index (χ1n) is 6.55. The van der Waals surface area contributed by atoms with Crippen molar-refractivity contribution >= 4 is 5.91 Å². The quantitative estimate of drug-likeness (QED) is 0.764. The maximum absolute atomic E-state index is 11.6. The van der Waals surface area contributed by atoms with Gasteiger partial charge < -0.3 is 15.4 Å². The van der Waals surface area contributed by atoms with Crippen molar-refractivity contribution in [3.05, 3.63) is 0 Å². The van der Waals surface area contributed by atoms with E-state index in [9.17, 15) is 4.79 Å². The van der Waals surface area contributed by atoms with Crippen molar-refractivity contribution in [2.45, 2.75) is 52.2 Å². The number of ether oxygens (including phenoxy) is 1. The Balaban J connectivity index is 2.19. The summed E-state index contributed by atoms with van der Waals surface area (Å²) in [7, 11) is 0. The number of nitrogens with one attached hydrogen (secondary N) is 2. The molecule has 1 heterocycles. The van der Waals surface area contributed by atoms with Crippen molar-refractivity contribution in [1.82, 2.24) is 10.6 Å². The summed E-state index contributed by atoms with van der Waals surface area (Å²) in [5.41, 5.74) is -0.0141. The maximum Gasteiger partial charge on any atom is 0.233 e. The fourth-order valence-electron chi connectivity index (χ4n) is 2.03. The van der Waals surface area contributed by atoms with E-state index >= 15 is 0 Å². The third-order valence-electron chi connectivity index (χ3n) is 3.09. The van der Waals surface area contributed by atoms with Crippen molar-refractivity contribution < 1.29 is 9.53 Å². The normalized spacial score (nSPS) is 24.9. The molecule has 1 fully saturated rings. The first-order chi connectivity index (χ1) is 7.92. The van der Waals surface area contributed by atoms with Crippen LogP contribution in [-0.4, -0.2) is 37.2 Å². The molecular formula is C13H26N2O2. The third-order valence-corrected chi connectivity index (χ3v) is 3.09. The van der Waals surface area contributed by atoms with Gasteiger partial charge >= 0.3 is 0 Å². The van der Waals surface area contributed by atoms with Crippen molar-refractivity contribution in [3.63, 3.8) is 0 Å². The smallest absolute Gasteiger partial charge is 0.233 e. The molecule has 0 radical (unpaired) electrons. The van der Waals surface area contributed by atoms with Crippen LogP contribution in [0.4, 0.5) is 0 Å². The lowest BCUT2D eigenvalue weighted by atomic mass is 10.00. The van der Waals surface area contributed by atoms with Crippen LogP contribution in [0.5, 0.6) is 0 Å². The summed E-state index contributed by atoms with van der Waals surface area (Å²) in [6.45, 7) is 10.2. The van der Waals surface area contributed by atoms with Gasteiger partial charge in [-0.15, -0.1) is 0 Å². The zero-order valence-corrected chi connectivity index (χ0v) is 11.5. The Morgan fingerprint density at radius 3 is 2.71 bits per heavy atom. The number of rotatable bonds is 5. The van der Waals surface area contributed by atoms with Crippen molar-refractivity contribution in [2.24, 2.45) is 5.92 Å². The minimum Gasteiger partial charge on any atom is -0.378 e. The van der Waals surface area contributed by atoms with Crippen LogP contribution in [-0.2, 0) is 9.53 Å². The molecule has 0 aromatic rings. The molecule has 2 N–H and O–H groups in total. The maximum atomic E-state index is 11.6. The molecule has 1 rings (SSSR count). The summed E-state index contributed by atoms with van der Waals surface area (Å²) in [6.07, 6.45) is 2.41. The predicted octanol–water partition coefficient (Wildman–Crippen LogP) is 1.31. The highest BCUT2D eigenvalue weighted by Gasteiger charge is 2.26. The molecule has 1 aliphatic rings. The van der Waals surface area contributed by atoms with Gasteiger partial charge in [-0.1, -0.05) is 6.92 Å². The molecule has 0 aromatic heterocycles. The fourth-order valence-corrected chi connectivity index (χ4v) is 2.03. The third kappa shape index (κ3) is 5.50. The van der Waals surface area contributed by atoms with Gasteiger partial charge in [-0.05, 0) is 33.6 Å². The summed E-state index contributed by atoms with van der Waals surface area (Å²) >= 11 is 0. The van der Waals surface area contributed by atoms with Crippen LogP contribution in [0.3, 0.4) is 0 Å². The van der Waals surface area contributed by atoms with Gasteiger partial charge in [0, 0.05) is 24.6 Å². The number of carbonyl (C=O) groups excluding carboxylic acids is 1. The summed E-state index contributed by atoms with van der Waals surface area (Å²) in [4.78, 5) is 11.6. The number of hydrogen-bond acceptors (Lipinski definition) is 3. The van der Waals surface area contributed by atoms with Gasteiger partial charge in [-0.2, -0.15) is 0 Å². The van der Waals surface area contributed by atoms with Crippen LogP contribution in [0.1, 0.15) is 40.5 Å². The van der Waals surface area contributed by atoms with Crippen molar-refractivity contribution in [1.29, 1.82) is 0 Å². The molecule has 4 heteroatoms. The molecule has 0 bridgehead atoms. The molecule has 2 unspecified atom stereocenters. The Labute approximate surface area is 104 Å². The Morgan fingerprint density at radius 2 is 2.12 bits per heavy atom. The van der Waals surface area contributed by atoms with Crippen LogP contribution in [0, 0.1) is 5.92 Å². The van der Waals surface area contributed by atoms with E-state index in [1.54, 1.807) is 0 Å². The monoisotopic (exact) mass is 242 g/mol. The molecule has 0 aromatic carbocycles. The Morgan fingerprint density at radius 1 is 1.41 bits per heavy atom. The summed E-state index contributed by atoms with van der Waals surface area (Å²) in [5, 5.41) is 6.16. The molecule has 2 atom stereocenters. The lowest BCUT2D eigenvalue weighted by molar-refractivity contribution is -0.120. The highest BCUT2D eigenvalue weighted by molar-refractivity contribution is 5.78. The number of hydrogen-bond donors (Lipinski definition) is 2. The van der Waals surface area contributed by atoms with Gasteiger partial charge in [0.15, 0.2) is 0 Å². The van der Waals surface area contributed by atoms with Gasteiger partial charge in [0.1, 0.15) is 0 Å². The molecule has 0 aliphatic carbocycles. The SMILES string of the molecule is CCC1OCCC1CNC(=O)CNC(C)(C)C. The first-order valence-corrected chi connectivity index (χ1v) is 6.55. The standard InChI is InChI=1S/C13H26N2O2/c1-5-11-10(6-7-17-11)8-14-12(16)9-15-13(2,3)4/h10-11,15H,5-9H2,1-4H3,(H,14,16). The summed E-state index contributed by atoms with van der Waals surface area (Å²) < 4.78 is 5.59. The van der Waals surface area contributed by atoms with Crippen LogP contribution in [0.15, 0.2) is 0 Å². The zero-order valence-electron chi connectivity index (χ0n) is 11.5. The lowest BCUT2D eigenvalue weighted by Crippen LogP contribution is -2.44. The molecule has 1 saturated heterocycles. The highest BCUT2D eigenvalue weighted by atomic mass is 16.5. The molecule has 0 saturated carbocycles. The highest BCUT2D eigenvalue weighted by Crippen LogP contribution is 2.22. The minimum atomic E-state index is -0.0141. The first kappa shape index (κ1) is 14.5. The number of amides is 1. The second-order valence-corrected chi connectivity index (χ2v) is 5.77. The minimum absolute atomic E-state index is 0.0141. The zero-order chi connectivity index (χ0) is 12.9. The molecule has 4 nitrogen and oxygen atoms in total. The Kier molecular flexibility index (Phi) is 5.40. The molecular weight excluding hydrogens is 216 g/mol. The van der Waals surface area contributed by atoms with Gasteiger partial charge in [-0.25, -0.2) is 0 Å². The van der Waals surface area contributed by atoms with Gasteiger partial charge in [0.05, 0.1) is 12.6 Å². The molecule has 17 heavy (non-hydrogen) atoms. The lowest BCUT2D eigenvalue weighted by Gasteiger charge is -2.21. The molecule has 1 amide bonds. The second-order valence-electron chi connectivity index (χ2n) is 5.77. The van der Waals surface area contributed by atoms with E-state index in [0.29, 0.717) is 18.6 Å². The average Bonchev–Trinajstić information content (AvgIpc) is 2.69. The van der Waals surface area contributed by atoms with E-state index in [0.717, 1.165) is 26.0 Å². The molecule has 1 aliphatic heterocycles. The largest absolute Gasteiger partial charge is 0.378 e. The topological polar surface area (TPSA) is 50.4 Å². The van der Waals surface area contributed by atoms with E-state index in [1.807, 2.05) is 0 Å². The van der Waals surface area contributed by atoms with Gasteiger partial charge in [-0.3, -0.25) is 4.79 Å².